The number of rotatable bonds is 9. The van der Waals surface area contributed by atoms with Crippen LogP contribution in [0.15, 0.2) is 170 Å². The SMILES string of the molecule is O=C(O)[C]1[CH][CH][CH][CH]1.O=C(O)[C]1[CH][CH][CH][CH]1.O=C(O)c1cccc(C(=O)O)n1.[Fe+2].c1cc[c]([Sn+2][c]2ccccc2)cc1.c1cc[c]([Sn+]([c]2ccccc2)[c]2ccccc2)cc1. The Bertz CT molecular complexity index is 1990. The second-order valence-electron chi connectivity index (χ2n) is 12.3. The molecule has 0 spiro atoms. The zero-order chi connectivity index (χ0) is 43.0. The summed E-state index contributed by atoms with van der Waals surface area (Å²) in [5.41, 5.74) is -0.537. The first-order chi connectivity index (χ1) is 29.1. The normalized spacial score (nSPS) is 12.6. The average Bonchev–Trinajstić information content (AvgIpc) is 4.04. The number of benzene rings is 5. The quantitative estimate of drug-likeness (QED) is 0.147. The van der Waals surface area contributed by atoms with Crippen molar-refractivity contribution in [2.45, 2.75) is 0 Å². The molecule has 0 bridgehead atoms. The first-order valence-corrected chi connectivity index (χ1v) is 25.5. The van der Waals surface area contributed by atoms with Gasteiger partial charge in [-0.05, 0) is 63.5 Å². The van der Waals surface area contributed by atoms with Gasteiger partial charge in [0.05, 0.1) is 11.8 Å². The number of hydrogen-bond acceptors (Lipinski definition) is 5. The predicted molar refractivity (Wildman–Crippen MR) is 236 cm³/mol. The van der Waals surface area contributed by atoms with Crippen molar-refractivity contribution in [1.82, 2.24) is 4.98 Å². The Balaban J connectivity index is 0.000000211. The second-order valence-corrected chi connectivity index (χ2v) is 23.4. The molecule has 5 aromatic carbocycles. The fourth-order valence-corrected chi connectivity index (χ4v) is 15.6. The number of aromatic nitrogens is 1. The Kier molecular flexibility index (Phi) is 23.8. The van der Waals surface area contributed by atoms with Gasteiger partial charge in [0.15, 0.2) is 0 Å². The molecular weight excluding hydrogens is 1020 g/mol. The van der Waals surface area contributed by atoms with Gasteiger partial charge in [-0.2, -0.15) is 0 Å². The third kappa shape index (κ3) is 18.8. The molecule has 2 aliphatic rings. The standard InChI is InChI=1S/C7H5NO4.2C6H5O2.5C6H5.Fe.2Sn/c9-6(10)4-2-1-3-5(8-4)7(11)12;2*7-6(8)5-3-1-2-4-5;5*1-2-4-6-5-3-1;;;/h1-3H,(H,9,10)(H,11,12);2*1-4H,(H,7,8);5*1-5H;;;/q;;;;;;;;+2;+1;+2. The van der Waals surface area contributed by atoms with E-state index < -0.39 is 64.8 Å². The van der Waals surface area contributed by atoms with Crippen molar-refractivity contribution in [2.75, 3.05) is 0 Å². The number of hydrogen-bond donors (Lipinski definition) is 4. The maximum absolute atomic E-state index is 10.3. The minimum absolute atomic E-state index is 0. The van der Waals surface area contributed by atoms with Crippen LogP contribution in [0.4, 0.5) is 0 Å². The molecule has 0 aliphatic heterocycles. The van der Waals surface area contributed by atoms with Crippen LogP contribution in [-0.4, -0.2) is 90.2 Å². The summed E-state index contributed by atoms with van der Waals surface area (Å²) in [4.78, 5) is 44.1. The summed E-state index contributed by atoms with van der Waals surface area (Å²) in [6.07, 6.45) is 13.0. The van der Waals surface area contributed by atoms with E-state index in [0.29, 0.717) is 11.8 Å². The van der Waals surface area contributed by atoms with Crippen molar-refractivity contribution in [2.24, 2.45) is 0 Å². The minimum atomic E-state index is -1.98. The topological polar surface area (TPSA) is 162 Å². The van der Waals surface area contributed by atoms with Crippen LogP contribution in [0.1, 0.15) is 21.0 Å². The summed E-state index contributed by atoms with van der Waals surface area (Å²) in [6.45, 7) is 0. The van der Waals surface area contributed by atoms with Gasteiger partial charge in [-0.3, -0.25) is 9.59 Å². The number of pyridine rings is 1. The number of carboxylic acid groups (broad SMARTS) is 4. The molecule has 4 N–H and O–H groups in total. The molecule has 300 valence electrons. The summed E-state index contributed by atoms with van der Waals surface area (Å²) in [5, 5.41) is 33.4. The van der Waals surface area contributed by atoms with Crippen molar-refractivity contribution < 1.29 is 56.7 Å². The van der Waals surface area contributed by atoms with Gasteiger partial charge in [0.2, 0.25) is 0 Å². The molecule has 10 radical (unpaired) electrons. The van der Waals surface area contributed by atoms with Crippen LogP contribution in [0.5, 0.6) is 0 Å². The molecule has 1 aromatic heterocycles. The van der Waals surface area contributed by atoms with Gasteiger partial charge in [0, 0.05) is 0 Å². The predicted octanol–water partition coefficient (Wildman–Crippen LogP) is 4.97. The number of carboxylic acids is 4. The number of nitrogens with zero attached hydrogens (tertiary/aromatic N) is 1. The fourth-order valence-electron chi connectivity index (χ4n) is 5.23. The van der Waals surface area contributed by atoms with Gasteiger partial charge in [-0.15, -0.1) is 0 Å². The first-order valence-electron chi connectivity index (χ1n) is 18.4. The third-order valence-electron chi connectivity index (χ3n) is 8.03. The van der Waals surface area contributed by atoms with Gasteiger partial charge in [-0.25, -0.2) is 14.6 Å². The van der Waals surface area contributed by atoms with Crippen LogP contribution >= 0.6 is 0 Å². The maximum atomic E-state index is 10.3. The van der Waals surface area contributed by atoms with E-state index in [1.54, 1.807) is 51.4 Å². The number of aliphatic carboxylic acids is 2. The third-order valence-corrected chi connectivity index (χ3v) is 19.4. The fraction of sp³-hybridized carbons (Fsp3) is 0. The Morgan fingerprint density at radius 3 is 0.902 bits per heavy atom. The molecule has 9 nitrogen and oxygen atoms in total. The molecule has 0 amide bonds. The summed E-state index contributed by atoms with van der Waals surface area (Å²) < 4.78 is 7.67. The molecule has 8 rings (SSSR count). The summed E-state index contributed by atoms with van der Waals surface area (Å²) in [7, 11) is 0. The van der Waals surface area contributed by atoms with Crippen LogP contribution in [0.3, 0.4) is 0 Å². The molecule has 2 aliphatic carbocycles. The number of carbonyl (C=O) groups is 4. The van der Waals surface area contributed by atoms with Gasteiger partial charge in [0.25, 0.3) is 0 Å². The average molecular weight is 1060 g/mol. The monoisotopic (exact) mass is 1070 g/mol. The van der Waals surface area contributed by atoms with Crippen molar-refractivity contribution >= 4 is 82.7 Å². The van der Waals surface area contributed by atoms with E-state index in [1.807, 2.05) is 0 Å². The first kappa shape index (κ1) is 50.6. The molecule has 12 heteroatoms. The summed E-state index contributed by atoms with van der Waals surface area (Å²) >= 11 is -2.50. The zero-order valence-corrected chi connectivity index (χ0v) is 39.3. The molecule has 1 heterocycles. The van der Waals surface area contributed by atoms with Crippen LogP contribution in [0, 0.1) is 63.2 Å². The Morgan fingerprint density at radius 1 is 0.377 bits per heavy atom. The Hall–Kier alpha value is -4.75. The van der Waals surface area contributed by atoms with Crippen LogP contribution in [0.2, 0.25) is 0 Å². The van der Waals surface area contributed by atoms with Crippen molar-refractivity contribution in [3.63, 3.8) is 0 Å². The van der Waals surface area contributed by atoms with Gasteiger partial charge in [-0.1, -0.05) is 6.07 Å². The van der Waals surface area contributed by atoms with Crippen LogP contribution in [-0.2, 0) is 26.7 Å². The Morgan fingerprint density at radius 2 is 0.656 bits per heavy atom. The van der Waals surface area contributed by atoms with E-state index in [-0.39, 0.29) is 28.5 Å². The second kappa shape index (κ2) is 28.7. The molecule has 0 unspecified atom stereocenters. The van der Waals surface area contributed by atoms with E-state index in [4.69, 9.17) is 20.4 Å². The van der Waals surface area contributed by atoms with Crippen molar-refractivity contribution in [3.05, 3.63) is 244 Å². The van der Waals surface area contributed by atoms with E-state index in [0.717, 1.165) is 0 Å². The summed E-state index contributed by atoms with van der Waals surface area (Å²) in [5.74, 6) is -3.50. The molecule has 0 saturated heterocycles. The molecule has 61 heavy (non-hydrogen) atoms. The van der Waals surface area contributed by atoms with Crippen LogP contribution in [0.25, 0.3) is 0 Å². The van der Waals surface area contributed by atoms with Gasteiger partial charge < -0.3 is 20.4 Å². The zero-order valence-electron chi connectivity index (χ0n) is 32.5. The van der Waals surface area contributed by atoms with Gasteiger partial charge >= 0.3 is 251 Å². The molecule has 6 aromatic rings. The van der Waals surface area contributed by atoms with Crippen molar-refractivity contribution in [3.8, 4) is 0 Å². The molecule has 0 atom stereocenters. The van der Waals surface area contributed by atoms with E-state index >= 15 is 0 Å². The van der Waals surface area contributed by atoms with Gasteiger partial charge in [0.1, 0.15) is 11.4 Å². The summed E-state index contributed by atoms with van der Waals surface area (Å²) in [6, 6.07) is 58.3. The Labute approximate surface area is 385 Å². The van der Waals surface area contributed by atoms with E-state index in [1.165, 1.54) is 36.1 Å². The molecular formula is C49H40FeNO8Sn2+5. The van der Waals surface area contributed by atoms with E-state index in [2.05, 4.69) is 157 Å². The van der Waals surface area contributed by atoms with Crippen LogP contribution < -0.4 is 17.9 Å². The van der Waals surface area contributed by atoms with Crippen molar-refractivity contribution in [1.29, 1.82) is 0 Å². The molecule has 2 fully saturated rings. The van der Waals surface area contributed by atoms with E-state index in [9.17, 15) is 19.2 Å². The number of aromatic carboxylic acids is 2. The molecule has 2 saturated carbocycles.